The predicted octanol–water partition coefficient (Wildman–Crippen LogP) is 2.22. The number of rotatable bonds is 2. The van der Waals surface area contributed by atoms with E-state index in [0.717, 1.165) is 17.6 Å². The Balaban J connectivity index is 2.91. The molecular weight excluding hydrogens is 140 g/mol. The minimum atomic E-state index is 0.792. The molecule has 0 spiro atoms. The molecule has 0 heterocycles. The van der Waals surface area contributed by atoms with Gasteiger partial charge in [0, 0.05) is 0 Å². The van der Waals surface area contributed by atoms with Crippen molar-refractivity contribution < 1.29 is 9.84 Å². The lowest BCUT2D eigenvalue weighted by atomic mass is 10.2. The molecule has 0 bridgehead atoms. The largest absolute Gasteiger partial charge is 0.516 e. The van der Waals surface area contributed by atoms with E-state index in [1.165, 1.54) is 0 Å². The van der Waals surface area contributed by atoms with E-state index in [-0.39, 0.29) is 0 Å². The molecule has 11 heavy (non-hydrogen) atoms. The highest BCUT2D eigenvalue weighted by Crippen LogP contribution is 2.12. The first-order chi connectivity index (χ1) is 5.36. The molecule has 0 radical (unpaired) electrons. The van der Waals surface area contributed by atoms with Gasteiger partial charge in [0.1, 0.15) is 5.75 Å². The Morgan fingerprint density at radius 1 is 1.45 bits per heavy atom. The summed E-state index contributed by atoms with van der Waals surface area (Å²) in [6.45, 7) is 0. The Hall–Kier alpha value is -1.44. The van der Waals surface area contributed by atoms with Gasteiger partial charge < -0.3 is 9.84 Å². The topological polar surface area (TPSA) is 29.5 Å². The predicted molar refractivity (Wildman–Crippen MR) is 44.7 cm³/mol. The molecular formula is C9H10O2. The van der Waals surface area contributed by atoms with Crippen LogP contribution in [0.25, 0.3) is 6.08 Å². The zero-order chi connectivity index (χ0) is 8.10. The second kappa shape index (κ2) is 3.66. The van der Waals surface area contributed by atoms with E-state index in [9.17, 15) is 0 Å². The van der Waals surface area contributed by atoms with Gasteiger partial charge in [0.15, 0.2) is 0 Å². The zero-order valence-electron chi connectivity index (χ0n) is 6.32. The van der Waals surface area contributed by atoms with E-state index >= 15 is 0 Å². The minimum absolute atomic E-state index is 0.792. The smallest absolute Gasteiger partial charge is 0.119 e. The molecule has 1 rings (SSSR count). The quantitative estimate of drug-likeness (QED) is 0.655. The van der Waals surface area contributed by atoms with Crippen LogP contribution >= 0.6 is 0 Å². The maximum atomic E-state index is 8.46. The molecule has 0 aliphatic carbocycles. The molecule has 0 aromatic heterocycles. The Morgan fingerprint density at radius 3 is 2.91 bits per heavy atom. The van der Waals surface area contributed by atoms with Crippen LogP contribution < -0.4 is 4.74 Å². The van der Waals surface area contributed by atoms with Gasteiger partial charge in [-0.1, -0.05) is 12.1 Å². The lowest BCUT2D eigenvalue weighted by Crippen LogP contribution is -1.81. The van der Waals surface area contributed by atoms with Gasteiger partial charge in [0.05, 0.1) is 13.4 Å². The van der Waals surface area contributed by atoms with E-state index in [4.69, 9.17) is 9.84 Å². The highest BCUT2D eigenvalue weighted by Gasteiger charge is 1.89. The minimum Gasteiger partial charge on any atom is -0.516 e. The Kier molecular flexibility index (Phi) is 2.55. The van der Waals surface area contributed by atoms with Crippen LogP contribution in [0.4, 0.5) is 0 Å². The molecule has 0 aliphatic rings. The van der Waals surface area contributed by atoms with Gasteiger partial charge in [0.25, 0.3) is 0 Å². The van der Waals surface area contributed by atoms with Crippen LogP contribution in [0.15, 0.2) is 30.5 Å². The maximum absolute atomic E-state index is 8.46. The van der Waals surface area contributed by atoms with Gasteiger partial charge in [-0.05, 0) is 23.8 Å². The zero-order valence-corrected chi connectivity index (χ0v) is 6.32. The van der Waals surface area contributed by atoms with Crippen molar-refractivity contribution in [2.24, 2.45) is 0 Å². The van der Waals surface area contributed by atoms with Gasteiger partial charge in [-0.2, -0.15) is 0 Å². The van der Waals surface area contributed by atoms with Crippen molar-refractivity contribution in [3.63, 3.8) is 0 Å². The monoisotopic (exact) mass is 150 g/mol. The third kappa shape index (κ3) is 2.00. The Labute approximate surface area is 65.7 Å². The molecule has 0 saturated carbocycles. The first-order valence-corrected chi connectivity index (χ1v) is 3.31. The van der Waals surface area contributed by atoms with Crippen LogP contribution in [0.5, 0.6) is 5.75 Å². The third-order valence-corrected chi connectivity index (χ3v) is 1.36. The number of hydrogen-bond acceptors (Lipinski definition) is 2. The number of ether oxygens (including phenoxy) is 1. The fraction of sp³-hybridized carbons (Fsp3) is 0.111. The van der Waals surface area contributed by atoms with E-state index < -0.39 is 0 Å². The molecule has 58 valence electrons. The highest BCUT2D eigenvalue weighted by atomic mass is 16.5. The van der Waals surface area contributed by atoms with Gasteiger partial charge in [0.2, 0.25) is 0 Å². The van der Waals surface area contributed by atoms with Crippen molar-refractivity contribution in [1.82, 2.24) is 0 Å². The summed E-state index contributed by atoms with van der Waals surface area (Å²) in [6.07, 6.45) is 2.61. The van der Waals surface area contributed by atoms with Gasteiger partial charge in [-0.3, -0.25) is 0 Å². The molecule has 1 aromatic carbocycles. The van der Waals surface area contributed by atoms with Gasteiger partial charge in [-0.25, -0.2) is 0 Å². The highest BCUT2D eigenvalue weighted by molar-refractivity contribution is 5.50. The first kappa shape index (κ1) is 7.66. The van der Waals surface area contributed by atoms with Crippen LogP contribution in [0.2, 0.25) is 0 Å². The van der Waals surface area contributed by atoms with Crippen molar-refractivity contribution in [3.8, 4) is 5.75 Å². The standard InChI is InChI=1S/C9H10O2/c1-11-9-4-2-3-8(7-9)5-6-10/h2-7,10H,1H3. The van der Waals surface area contributed by atoms with E-state index in [1.807, 2.05) is 24.3 Å². The number of aliphatic hydroxyl groups is 1. The molecule has 2 nitrogen and oxygen atoms in total. The number of aliphatic hydroxyl groups excluding tert-OH is 1. The molecule has 0 saturated heterocycles. The number of methoxy groups -OCH3 is 1. The van der Waals surface area contributed by atoms with Gasteiger partial charge in [-0.15, -0.1) is 0 Å². The van der Waals surface area contributed by atoms with Crippen LogP contribution in [0.1, 0.15) is 5.56 Å². The van der Waals surface area contributed by atoms with E-state index in [0.29, 0.717) is 0 Å². The SMILES string of the molecule is COc1cccc(C=CO)c1. The lowest BCUT2D eigenvalue weighted by Gasteiger charge is -1.98. The van der Waals surface area contributed by atoms with Crippen LogP contribution in [0.3, 0.4) is 0 Å². The summed E-state index contributed by atoms with van der Waals surface area (Å²) in [6, 6.07) is 7.45. The summed E-state index contributed by atoms with van der Waals surface area (Å²) < 4.78 is 4.99. The number of benzene rings is 1. The first-order valence-electron chi connectivity index (χ1n) is 3.31. The summed E-state index contributed by atoms with van der Waals surface area (Å²) in [5.41, 5.74) is 0.923. The summed E-state index contributed by atoms with van der Waals surface area (Å²) in [5.74, 6) is 0.792. The van der Waals surface area contributed by atoms with Gasteiger partial charge >= 0.3 is 0 Å². The summed E-state index contributed by atoms with van der Waals surface area (Å²) >= 11 is 0. The summed E-state index contributed by atoms with van der Waals surface area (Å²) in [5, 5.41) is 8.46. The molecule has 0 fully saturated rings. The van der Waals surface area contributed by atoms with Crippen LogP contribution in [-0.4, -0.2) is 12.2 Å². The maximum Gasteiger partial charge on any atom is 0.119 e. The Morgan fingerprint density at radius 2 is 2.27 bits per heavy atom. The lowest BCUT2D eigenvalue weighted by molar-refractivity contribution is 0.414. The fourth-order valence-electron chi connectivity index (χ4n) is 0.831. The van der Waals surface area contributed by atoms with E-state index in [2.05, 4.69) is 0 Å². The normalized spacial score (nSPS) is 10.3. The molecule has 2 heteroatoms. The number of hydrogen-bond donors (Lipinski definition) is 1. The fourth-order valence-corrected chi connectivity index (χ4v) is 0.831. The van der Waals surface area contributed by atoms with Crippen molar-refractivity contribution in [3.05, 3.63) is 36.1 Å². The molecule has 0 amide bonds. The second-order valence-electron chi connectivity index (χ2n) is 2.09. The average molecular weight is 150 g/mol. The van der Waals surface area contributed by atoms with E-state index in [1.54, 1.807) is 13.2 Å². The summed E-state index contributed by atoms with van der Waals surface area (Å²) in [7, 11) is 1.61. The van der Waals surface area contributed by atoms with Crippen molar-refractivity contribution in [1.29, 1.82) is 0 Å². The Bertz CT molecular complexity index is 253. The molecule has 0 atom stereocenters. The molecule has 1 N–H and O–H groups in total. The van der Waals surface area contributed by atoms with Crippen molar-refractivity contribution >= 4 is 6.08 Å². The molecule has 1 aromatic rings. The average Bonchev–Trinajstić information content (AvgIpc) is 2.06. The second-order valence-corrected chi connectivity index (χ2v) is 2.09. The van der Waals surface area contributed by atoms with Crippen molar-refractivity contribution in [2.45, 2.75) is 0 Å². The molecule has 0 aliphatic heterocycles. The van der Waals surface area contributed by atoms with Crippen molar-refractivity contribution in [2.75, 3.05) is 7.11 Å². The third-order valence-electron chi connectivity index (χ3n) is 1.36. The molecule has 0 unspecified atom stereocenters. The van der Waals surface area contributed by atoms with Crippen LogP contribution in [-0.2, 0) is 0 Å². The van der Waals surface area contributed by atoms with Crippen LogP contribution in [0, 0.1) is 0 Å². The summed E-state index contributed by atoms with van der Waals surface area (Å²) in [4.78, 5) is 0.